The molecule has 6 nitrogen and oxygen atoms in total. The van der Waals surface area contributed by atoms with Crippen LogP contribution in [-0.2, 0) is 9.53 Å². The molecule has 1 aliphatic heterocycles. The van der Waals surface area contributed by atoms with Crippen LogP contribution in [0.25, 0.3) is 6.08 Å². The molecule has 2 aromatic carbocycles. The molecule has 0 bridgehead atoms. The van der Waals surface area contributed by atoms with E-state index in [0.29, 0.717) is 29.4 Å². The van der Waals surface area contributed by atoms with Crippen molar-refractivity contribution in [3.8, 4) is 17.2 Å². The summed E-state index contributed by atoms with van der Waals surface area (Å²) in [6.45, 7) is 6.10. The minimum Gasteiger partial charge on any atom is -0.497 e. The van der Waals surface area contributed by atoms with Crippen molar-refractivity contribution in [2.75, 3.05) is 20.8 Å². The third-order valence-corrected chi connectivity index (χ3v) is 3.92. The Hall–Kier alpha value is -3.54. The SMILES string of the molecule is C=C(C)COc1ccc(C=C2N=C(c3ccc(OC)cc3)OC2=O)cc1OC. The lowest BCUT2D eigenvalue weighted by Crippen LogP contribution is -2.05. The van der Waals surface area contributed by atoms with E-state index in [2.05, 4.69) is 11.6 Å². The molecule has 1 heterocycles. The fourth-order valence-electron chi connectivity index (χ4n) is 2.52. The van der Waals surface area contributed by atoms with Crippen LogP contribution in [0.5, 0.6) is 17.2 Å². The maximum atomic E-state index is 12.2. The van der Waals surface area contributed by atoms with Gasteiger partial charge < -0.3 is 18.9 Å². The molecule has 1 aliphatic rings. The Morgan fingerprint density at radius 1 is 1.11 bits per heavy atom. The number of ether oxygens (including phenoxy) is 4. The molecule has 3 rings (SSSR count). The van der Waals surface area contributed by atoms with Crippen LogP contribution in [0.15, 0.2) is 65.3 Å². The highest BCUT2D eigenvalue weighted by atomic mass is 16.6. The summed E-state index contributed by atoms with van der Waals surface area (Å²) >= 11 is 0. The van der Waals surface area contributed by atoms with E-state index in [9.17, 15) is 4.79 Å². The summed E-state index contributed by atoms with van der Waals surface area (Å²) in [7, 11) is 3.15. The summed E-state index contributed by atoms with van der Waals surface area (Å²) in [6.07, 6.45) is 1.64. The molecule has 28 heavy (non-hydrogen) atoms. The minimum absolute atomic E-state index is 0.212. The average Bonchev–Trinajstić information content (AvgIpc) is 3.07. The highest BCUT2D eigenvalue weighted by molar-refractivity contribution is 6.12. The van der Waals surface area contributed by atoms with E-state index in [0.717, 1.165) is 11.1 Å². The van der Waals surface area contributed by atoms with Crippen LogP contribution in [0.2, 0.25) is 0 Å². The van der Waals surface area contributed by atoms with Gasteiger partial charge in [0.05, 0.1) is 14.2 Å². The van der Waals surface area contributed by atoms with Crippen LogP contribution >= 0.6 is 0 Å². The zero-order valence-corrected chi connectivity index (χ0v) is 16.0. The highest BCUT2D eigenvalue weighted by Crippen LogP contribution is 2.30. The first kappa shape index (κ1) is 19.2. The number of hydrogen-bond donors (Lipinski definition) is 0. The molecule has 0 aromatic heterocycles. The van der Waals surface area contributed by atoms with Gasteiger partial charge >= 0.3 is 5.97 Å². The Morgan fingerprint density at radius 2 is 1.86 bits per heavy atom. The Bertz CT molecular complexity index is 957. The van der Waals surface area contributed by atoms with Crippen molar-refractivity contribution in [2.24, 2.45) is 4.99 Å². The molecular weight excluding hydrogens is 358 g/mol. The van der Waals surface area contributed by atoms with Gasteiger partial charge in [-0.1, -0.05) is 12.6 Å². The third-order valence-electron chi connectivity index (χ3n) is 3.92. The Balaban J connectivity index is 1.84. The number of hydrogen-bond acceptors (Lipinski definition) is 6. The van der Waals surface area contributed by atoms with Gasteiger partial charge in [-0.2, -0.15) is 0 Å². The molecule has 0 amide bonds. The van der Waals surface area contributed by atoms with Crippen LogP contribution in [0.3, 0.4) is 0 Å². The van der Waals surface area contributed by atoms with Crippen molar-refractivity contribution >= 4 is 17.9 Å². The third kappa shape index (κ3) is 4.40. The van der Waals surface area contributed by atoms with Gasteiger partial charge in [0.1, 0.15) is 12.4 Å². The predicted molar refractivity (Wildman–Crippen MR) is 107 cm³/mol. The first-order valence-electron chi connectivity index (χ1n) is 8.62. The fourth-order valence-corrected chi connectivity index (χ4v) is 2.52. The molecule has 0 atom stereocenters. The summed E-state index contributed by atoms with van der Waals surface area (Å²) in [5.41, 5.74) is 2.55. The lowest BCUT2D eigenvalue weighted by Gasteiger charge is -2.11. The van der Waals surface area contributed by atoms with Crippen molar-refractivity contribution in [1.82, 2.24) is 0 Å². The zero-order chi connectivity index (χ0) is 20.1. The van der Waals surface area contributed by atoms with Crippen LogP contribution in [0.1, 0.15) is 18.1 Å². The molecule has 0 spiro atoms. The van der Waals surface area contributed by atoms with Crippen molar-refractivity contribution in [1.29, 1.82) is 0 Å². The number of methoxy groups -OCH3 is 2. The zero-order valence-electron chi connectivity index (χ0n) is 16.0. The number of carbonyl (C=O) groups is 1. The molecule has 6 heteroatoms. The summed E-state index contributed by atoms with van der Waals surface area (Å²) < 4.78 is 21.4. The van der Waals surface area contributed by atoms with Crippen LogP contribution in [0.4, 0.5) is 0 Å². The molecule has 0 saturated carbocycles. The van der Waals surface area contributed by atoms with Crippen molar-refractivity contribution in [2.45, 2.75) is 6.92 Å². The molecule has 0 N–H and O–H groups in total. The van der Waals surface area contributed by atoms with Crippen molar-refractivity contribution in [3.05, 3.63) is 71.4 Å². The number of rotatable bonds is 7. The van der Waals surface area contributed by atoms with E-state index in [4.69, 9.17) is 18.9 Å². The van der Waals surface area contributed by atoms with Crippen molar-refractivity contribution < 1.29 is 23.7 Å². The van der Waals surface area contributed by atoms with Gasteiger partial charge in [-0.3, -0.25) is 0 Å². The van der Waals surface area contributed by atoms with Gasteiger partial charge in [-0.15, -0.1) is 0 Å². The van der Waals surface area contributed by atoms with Crippen LogP contribution in [-0.4, -0.2) is 32.7 Å². The monoisotopic (exact) mass is 379 g/mol. The van der Waals surface area contributed by atoms with Crippen molar-refractivity contribution in [3.63, 3.8) is 0 Å². The van der Waals surface area contributed by atoms with Gasteiger partial charge in [-0.25, -0.2) is 9.79 Å². The second-order valence-electron chi connectivity index (χ2n) is 6.22. The number of benzene rings is 2. The highest BCUT2D eigenvalue weighted by Gasteiger charge is 2.24. The second kappa shape index (κ2) is 8.43. The second-order valence-corrected chi connectivity index (χ2v) is 6.22. The number of nitrogens with zero attached hydrogens (tertiary/aromatic N) is 1. The number of aliphatic imine (C=N–C) groups is 1. The molecule has 2 aromatic rings. The van der Waals surface area contributed by atoms with Gasteiger partial charge in [0, 0.05) is 5.56 Å². The topological polar surface area (TPSA) is 66.3 Å². The van der Waals surface area contributed by atoms with Gasteiger partial charge in [0.2, 0.25) is 5.90 Å². The van der Waals surface area contributed by atoms with Gasteiger partial charge in [0.15, 0.2) is 17.2 Å². The average molecular weight is 379 g/mol. The lowest BCUT2D eigenvalue weighted by molar-refractivity contribution is -0.129. The first-order chi connectivity index (χ1) is 13.5. The molecule has 144 valence electrons. The largest absolute Gasteiger partial charge is 0.497 e. The molecule has 0 aliphatic carbocycles. The van der Waals surface area contributed by atoms with Crippen LogP contribution < -0.4 is 14.2 Å². The number of esters is 1. The van der Waals surface area contributed by atoms with E-state index in [1.807, 2.05) is 13.0 Å². The predicted octanol–water partition coefficient (Wildman–Crippen LogP) is 4.00. The van der Waals surface area contributed by atoms with E-state index in [1.54, 1.807) is 56.7 Å². The molecule has 0 unspecified atom stereocenters. The molecule has 0 fully saturated rings. The summed E-state index contributed by atoms with van der Waals surface area (Å²) in [4.78, 5) is 16.5. The van der Waals surface area contributed by atoms with E-state index < -0.39 is 5.97 Å². The molecule has 0 saturated heterocycles. The Morgan fingerprint density at radius 3 is 2.50 bits per heavy atom. The van der Waals surface area contributed by atoms with Crippen LogP contribution in [0, 0.1) is 0 Å². The molecular formula is C22H21NO5. The summed E-state index contributed by atoms with van der Waals surface area (Å²) in [5, 5.41) is 0. The van der Waals surface area contributed by atoms with E-state index in [-0.39, 0.29) is 11.6 Å². The van der Waals surface area contributed by atoms with E-state index in [1.165, 1.54) is 0 Å². The first-order valence-corrected chi connectivity index (χ1v) is 8.62. The van der Waals surface area contributed by atoms with Gasteiger partial charge in [-0.05, 0) is 60.5 Å². The quantitative estimate of drug-likeness (QED) is 0.413. The van der Waals surface area contributed by atoms with E-state index >= 15 is 0 Å². The number of cyclic esters (lactones) is 1. The lowest BCUT2D eigenvalue weighted by atomic mass is 10.1. The normalized spacial score (nSPS) is 14.5. The summed E-state index contributed by atoms with van der Waals surface area (Å²) in [6, 6.07) is 12.5. The summed E-state index contributed by atoms with van der Waals surface area (Å²) in [5.74, 6) is 1.62. The standard InChI is InChI=1S/C22H21NO5/c1-14(2)13-27-19-10-5-15(12-20(19)26-4)11-18-22(24)28-21(23-18)16-6-8-17(25-3)9-7-16/h5-12H,1,13H2,2-4H3. The maximum absolute atomic E-state index is 12.2. The Labute approximate surface area is 163 Å². The smallest absolute Gasteiger partial charge is 0.363 e. The fraction of sp³-hybridized carbons (Fsp3) is 0.182. The molecule has 0 radical (unpaired) electrons. The van der Waals surface area contributed by atoms with Gasteiger partial charge in [0.25, 0.3) is 0 Å². The minimum atomic E-state index is -0.507. The Kier molecular flexibility index (Phi) is 5.79. The maximum Gasteiger partial charge on any atom is 0.363 e. The number of carbonyl (C=O) groups excluding carboxylic acids is 1.